The highest BCUT2D eigenvalue weighted by Crippen LogP contribution is 2.26. The van der Waals surface area contributed by atoms with Crippen LogP contribution in [-0.2, 0) is 4.79 Å². The predicted molar refractivity (Wildman–Crippen MR) is 89.8 cm³/mol. The fraction of sp³-hybridized carbons (Fsp3) is 0.167. The number of rotatable bonds is 6. The lowest BCUT2D eigenvalue weighted by Gasteiger charge is -2.07. The number of phenolic OH excluding ortho intramolecular Hbond substituents is 1. The number of nitrogens with one attached hydrogen (secondary N) is 1. The van der Waals surface area contributed by atoms with Gasteiger partial charge in [-0.2, -0.15) is 10.4 Å². The van der Waals surface area contributed by atoms with Gasteiger partial charge in [-0.3, -0.25) is 4.79 Å². The molecule has 1 amide bonds. The van der Waals surface area contributed by atoms with Crippen molar-refractivity contribution in [1.82, 2.24) is 5.43 Å². The van der Waals surface area contributed by atoms with E-state index < -0.39 is 11.8 Å². The molecule has 6 heteroatoms. The number of hydrazone groups is 1. The number of hydrogen-bond acceptors (Lipinski definition) is 5. The van der Waals surface area contributed by atoms with Gasteiger partial charge in [-0.15, -0.1) is 0 Å². The van der Waals surface area contributed by atoms with Crippen LogP contribution in [0.1, 0.15) is 24.0 Å². The highest BCUT2D eigenvalue weighted by atomic mass is 16.5. The van der Waals surface area contributed by atoms with Crippen LogP contribution in [-0.4, -0.2) is 23.8 Å². The van der Waals surface area contributed by atoms with Crippen LogP contribution in [0.5, 0.6) is 11.5 Å². The highest BCUT2D eigenvalue weighted by Gasteiger charge is 2.19. The first-order valence-electron chi connectivity index (χ1n) is 7.39. The molecule has 0 unspecified atom stereocenters. The summed E-state index contributed by atoms with van der Waals surface area (Å²) < 4.78 is 5.28. The molecular weight excluding hydrogens is 306 g/mol. The molecule has 2 aromatic rings. The van der Waals surface area contributed by atoms with Gasteiger partial charge in [0.1, 0.15) is 0 Å². The quantitative estimate of drug-likeness (QED) is 0.631. The van der Waals surface area contributed by atoms with E-state index >= 15 is 0 Å². The number of nitriles is 1. The summed E-state index contributed by atoms with van der Waals surface area (Å²) in [5.74, 6) is -1.07. The lowest BCUT2D eigenvalue weighted by molar-refractivity contribution is -0.121. The number of ether oxygens (including phenoxy) is 1. The van der Waals surface area contributed by atoms with E-state index in [0.29, 0.717) is 23.5 Å². The Morgan fingerprint density at radius 2 is 2.12 bits per heavy atom. The largest absolute Gasteiger partial charge is 0.504 e. The average molecular weight is 323 g/mol. The summed E-state index contributed by atoms with van der Waals surface area (Å²) in [5, 5.41) is 22.7. The molecule has 0 aromatic heterocycles. The van der Waals surface area contributed by atoms with Gasteiger partial charge in [0.25, 0.3) is 5.91 Å². The first-order valence-corrected chi connectivity index (χ1v) is 7.39. The second-order valence-corrected chi connectivity index (χ2v) is 4.87. The molecule has 0 fully saturated rings. The number of aromatic hydroxyl groups is 1. The third-order valence-electron chi connectivity index (χ3n) is 3.20. The second kappa shape index (κ2) is 8.34. The van der Waals surface area contributed by atoms with Crippen LogP contribution < -0.4 is 10.2 Å². The zero-order valence-electron chi connectivity index (χ0n) is 13.1. The summed E-state index contributed by atoms with van der Waals surface area (Å²) >= 11 is 0. The molecule has 0 spiro atoms. The first kappa shape index (κ1) is 17.0. The van der Waals surface area contributed by atoms with Crippen molar-refractivity contribution in [2.75, 3.05) is 6.61 Å². The van der Waals surface area contributed by atoms with E-state index in [0.717, 1.165) is 0 Å². The topological polar surface area (TPSA) is 94.7 Å². The van der Waals surface area contributed by atoms with E-state index in [9.17, 15) is 15.2 Å². The second-order valence-electron chi connectivity index (χ2n) is 4.87. The van der Waals surface area contributed by atoms with Gasteiger partial charge >= 0.3 is 0 Å². The van der Waals surface area contributed by atoms with Gasteiger partial charge in [-0.1, -0.05) is 30.3 Å². The molecule has 0 bridgehead atoms. The summed E-state index contributed by atoms with van der Waals surface area (Å²) in [7, 11) is 0. The molecule has 0 saturated carbocycles. The highest BCUT2D eigenvalue weighted by molar-refractivity contribution is 5.88. The number of carbonyl (C=O) groups is 1. The Hall–Kier alpha value is -3.33. The molecule has 6 nitrogen and oxygen atoms in total. The molecule has 0 radical (unpaired) electrons. The Morgan fingerprint density at radius 1 is 1.38 bits per heavy atom. The van der Waals surface area contributed by atoms with Crippen LogP contribution in [0.25, 0.3) is 0 Å². The van der Waals surface area contributed by atoms with E-state index in [-0.39, 0.29) is 5.75 Å². The number of amides is 1. The average Bonchev–Trinajstić information content (AvgIpc) is 2.59. The number of benzene rings is 2. The number of phenols is 1. The van der Waals surface area contributed by atoms with Crippen molar-refractivity contribution in [3.8, 4) is 17.6 Å². The van der Waals surface area contributed by atoms with Crippen molar-refractivity contribution in [2.24, 2.45) is 5.10 Å². The number of hydrogen-bond donors (Lipinski definition) is 2. The van der Waals surface area contributed by atoms with Gasteiger partial charge in [0.05, 0.1) is 18.9 Å². The fourth-order valence-corrected chi connectivity index (χ4v) is 2.05. The Bertz CT molecular complexity index is 767. The SMILES string of the molecule is CCOc1cc(/C=N\NC(=O)[C@@H](C#N)c2ccccc2)ccc1O. The molecule has 2 N–H and O–H groups in total. The minimum atomic E-state index is -0.929. The molecule has 0 aliphatic heterocycles. The minimum Gasteiger partial charge on any atom is -0.504 e. The maximum atomic E-state index is 12.1. The Labute approximate surface area is 140 Å². The smallest absolute Gasteiger partial charge is 0.261 e. The summed E-state index contributed by atoms with van der Waals surface area (Å²) in [5.41, 5.74) is 3.60. The Morgan fingerprint density at radius 3 is 2.79 bits per heavy atom. The molecule has 2 rings (SSSR count). The van der Waals surface area contributed by atoms with Crippen LogP contribution in [0.2, 0.25) is 0 Å². The molecule has 0 aliphatic carbocycles. The Kier molecular flexibility index (Phi) is 5.92. The molecule has 2 aromatic carbocycles. The third-order valence-corrected chi connectivity index (χ3v) is 3.20. The lowest BCUT2D eigenvalue weighted by atomic mass is 10.0. The number of carbonyl (C=O) groups excluding carboxylic acids is 1. The van der Waals surface area contributed by atoms with Crippen LogP contribution >= 0.6 is 0 Å². The normalized spacial score (nSPS) is 11.7. The van der Waals surface area contributed by atoms with Crippen LogP contribution in [0, 0.1) is 11.3 Å². The van der Waals surface area contributed by atoms with Crippen LogP contribution in [0.4, 0.5) is 0 Å². The van der Waals surface area contributed by atoms with E-state index in [1.165, 1.54) is 12.3 Å². The molecule has 122 valence electrons. The maximum absolute atomic E-state index is 12.1. The van der Waals surface area contributed by atoms with Gasteiger partial charge in [-0.25, -0.2) is 5.43 Å². The summed E-state index contributed by atoms with van der Waals surface area (Å²) in [6.07, 6.45) is 1.42. The van der Waals surface area contributed by atoms with Crippen LogP contribution in [0.3, 0.4) is 0 Å². The lowest BCUT2D eigenvalue weighted by Crippen LogP contribution is -2.24. The third kappa shape index (κ3) is 4.34. The summed E-state index contributed by atoms with van der Waals surface area (Å²) in [6.45, 7) is 2.23. The van der Waals surface area contributed by atoms with Crippen molar-refractivity contribution < 1.29 is 14.6 Å². The Balaban J connectivity index is 2.04. The van der Waals surface area contributed by atoms with Gasteiger partial charge in [0.15, 0.2) is 17.4 Å². The van der Waals surface area contributed by atoms with Gasteiger partial charge in [0.2, 0.25) is 0 Å². The zero-order chi connectivity index (χ0) is 17.4. The van der Waals surface area contributed by atoms with Crippen molar-refractivity contribution in [3.63, 3.8) is 0 Å². The maximum Gasteiger partial charge on any atom is 0.261 e. The molecule has 0 heterocycles. The van der Waals surface area contributed by atoms with Crippen molar-refractivity contribution >= 4 is 12.1 Å². The van der Waals surface area contributed by atoms with Gasteiger partial charge < -0.3 is 9.84 Å². The minimum absolute atomic E-state index is 0.0339. The zero-order valence-corrected chi connectivity index (χ0v) is 13.1. The monoisotopic (exact) mass is 323 g/mol. The van der Waals surface area contributed by atoms with Gasteiger partial charge in [0, 0.05) is 0 Å². The molecule has 0 saturated heterocycles. The van der Waals surface area contributed by atoms with E-state index in [1.54, 1.807) is 36.4 Å². The molecule has 1 atom stereocenters. The van der Waals surface area contributed by atoms with Crippen LogP contribution in [0.15, 0.2) is 53.6 Å². The fourth-order valence-electron chi connectivity index (χ4n) is 2.05. The van der Waals surface area contributed by atoms with Crippen molar-refractivity contribution in [3.05, 3.63) is 59.7 Å². The van der Waals surface area contributed by atoms with Crippen molar-refractivity contribution in [2.45, 2.75) is 12.8 Å². The van der Waals surface area contributed by atoms with E-state index in [4.69, 9.17) is 4.74 Å². The molecule has 24 heavy (non-hydrogen) atoms. The number of nitrogens with zero attached hydrogens (tertiary/aromatic N) is 2. The standard InChI is InChI=1S/C18H17N3O3/c1-2-24-17-10-13(8-9-16(17)22)12-20-21-18(23)15(11-19)14-6-4-3-5-7-14/h3-10,12,15,22H,2H2,1H3,(H,21,23)/b20-12-/t15-/m0/s1. The summed E-state index contributed by atoms with van der Waals surface area (Å²) in [4.78, 5) is 12.1. The summed E-state index contributed by atoms with van der Waals surface area (Å²) in [6, 6.07) is 15.5. The molecular formula is C18H17N3O3. The van der Waals surface area contributed by atoms with Gasteiger partial charge in [-0.05, 0) is 36.2 Å². The predicted octanol–water partition coefficient (Wildman–Crippen LogP) is 2.55. The van der Waals surface area contributed by atoms with E-state index in [1.807, 2.05) is 19.1 Å². The first-order chi connectivity index (χ1) is 11.7. The molecule has 0 aliphatic rings. The van der Waals surface area contributed by atoms with E-state index in [2.05, 4.69) is 10.5 Å². The van der Waals surface area contributed by atoms with Crippen molar-refractivity contribution in [1.29, 1.82) is 5.26 Å².